The van der Waals surface area contributed by atoms with Gasteiger partial charge in [-0.1, -0.05) is 80.9 Å². The summed E-state index contributed by atoms with van der Waals surface area (Å²) >= 11 is 6.46. The van der Waals surface area contributed by atoms with Crippen LogP contribution in [0.1, 0.15) is 43.2 Å². The van der Waals surface area contributed by atoms with E-state index in [0.717, 1.165) is 22.5 Å². The van der Waals surface area contributed by atoms with E-state index >= 15 is 0 Å². The summed E-state index contributed by atoms with van der Waals surface area (Å²) in [4.78, 5) is 4.70. The van der Waals surface area contributed by atoms with Gasteiger partial charge in [-0.25, -0.2) is 0 Å². The van der Waals surface area contributed by atoms with Crippen LogP contribution in [0.5, 0.6) is 5.75 Å². The zero-order valence-corrected chi connectivity index (χ0v) is 17.4. The van der Waals surface area contributed by atoms with E-state index < -0.39 is 0 Å². The molecular weight excluding hydrogens is 354 g/mol. The van der Waals surface area contributed by atoms with Crippen LogP contribution >= 0.6 is 11.6 Å². The van der Waals surface area contributed by atoms with Crippen molar-refractivity contribution in [1.82, 2.24) is 4.98 Å². The maximum atomic E-state index is 6.46. The summed E-state index contributed by atoms with van der Waals surface area (Å²) < 4.78 is 6.01. The molecule has 0 atom stereocenters. The molecule has 1 aromatic heterocycles. The van der Waals surface area contributed by atoms with Gasteiger partial charge in [0, 0.05) is 11.6 Å². The largest absolute Gasteiger partial charge is 0.487 e. The Labute approximate surface area is 167 Å². The van der Waals surface area contributed by atoms with Crippen LogP contribution < -0.4 is 4.74 Å². The minimum Gasteiger partial charge on any atom is -0.487 e. The van der Waals surface area contributed by atoms with Gasteiger partial charge in [0.25, 0.3) is 0 Å². The lowest BCUT2D eigenvalue weighted by Crippen LogP contribution is -2.11. The summed E-state index contributed by atoms with van der Waals surface area (Å²) in [5.41, 5.74) is 6.51. The molecule has 0 aliphatic heterocycles. The molecule has 0 radical (unpaired) electrons. The fourth-order valence-corrected chi connectivity index (χ4v) is 3.18. The molecule has 3 heteroatoms. The van der Waals surface area contributed by atoms with E-state index in [0.29, 0.717) is 17.4 Å². The molecule has 0 fully saturated rings. The van der Waals surface area contributed by atoms with Crippen LogP contribution in [0, 0.1) is 13.8 Å². The third-order valence-electron chi connectivity index (χ3n) is 4.70. The van der Waals surface area contributed by atoms with E-state index in [1.54, 1.807) is 0 Å². The lowest BCUT2D eigenvalue weighted by Gasteiger charge is -2.21. The van der Waals surface area contributed by atoms with Gasteiger partial charge in [0.15, 0.2) is 0 Å². The number of ether oxygens (including phenoxy) is 1. The minimum absolute atomic E-state index is 0.122. The van der Waals surface area contributed by atoms with Crippen molar-refractivity contribution in [3.05, 3.63) is 82.0 Å². The molecule has 0 saturated heterocycles. The predicted octanol–water partition coefficient (Wildman–Crippen LogP) is 6.90. The van der Waals surface area contributed by atoms with Crippen LogP contribution in [0.3, 0.4) is 0 Å². The standard InChI is InChI=1S/C24H26ClNO/c1-16-13-19(24(3,4)5)11-12-20(16)21-14-22(23(25)17(2)26-21)27-15-18-9-7-6-8-10-18/h6-14H,15H2,1-5H3. The molecule has 0 aliphatic rings. The Bertz CT molecular complexity index is 943. The number of pyridine rings is 1. The first-order chi connectivity index (χ1) is 12.8. The normalized spacial score (nSPS) is 11.5. The highest BCUT2D eigenvalue weighted by atomic mass is 35.5. The number of hydrogen-bond donors (Lipinski definition) is 0. The van der Waals surface area contributed by atoms with Crippen molar-refractivity contribution in [2.75, 3.05) is 0 Å². The van der Waals surface area contributed by atoms with Crippen molar-refractivity contribution in [1.29, 1.82) is 0 Å². The van der Waals surface area contributed by atoms with E-state index in [9.17, 15) is 0 Å². The smallest absolute Gasteiger partial charge is 0.142 e. The highest BCUT2D eigenvalue weighted by molar-refractivity contribution is 6.32. The second-order valence-corrected chi connectivity index (χ2v) is 8.34. The summed E-state index contributed by atoms with van der Waals surface area (Å²) in [5.74, 6) is 0.669. The van der Waals surface area contributed by atoms with Crippen molar-refractivity contribution in [2.24, 2.45) is 0 Å². The maximum Gasteiger partial charge on any atom is 0.142 e. The first kappa shape index (κ1) is 19.4. The third kappa shape index (κ3) is 4.51. The number of aryl methyl sites for hydroxylation is 2. The molecule has 27 heavy (non-hydrogen) atoms. The Balaban J connectivity index is 1.94. The molecule has 0 unspecified atom stereocenters. The predicted molar refractivity (Wildman–Crippen MR) is 114 cm³/mol. The molecule has 2 aromatic carbocycles. The second-order valence-electron chi connectivity index (χ2n) is 7.96. The molecule has 0 aliphatic carbocycles. The summed E-state index contributed by atoms with van der Waals surface area (Å²) in [7, 11) is 0. The fourth-order valence-electron chi connectivity index (χ4n) is 3.02. The summed E-state index contributed by atoms with van der Waals surface area (Å²) in [6.45, 7) is 11.2. The minimum atomic E-state index is 0.122. The van der Waals surface area contributed by atoms with Crippen LogP contribution in [-0.4, -0.2) is 4.98 Å². The maximum absolute atomic E-state index is 6.46. The average molecular weight is 380 g/mol. The summed E-state index contributed by atoms with van der Waals surface area (Å²) in [6, 6.07) is 18.6. The molecule has 140 valence electrons. The number of hydrogen-bond acceptors (Lipinski definition) is 2. The van der Waals surface area contributed by atoms with Crippen molar-refractivity contribution >= 4 is 11.6 Å². The van der Waals surface area contributed by atoms with Gasteiger partial charge in [0.1, 0.15) is 17.4 Å². The van der Waals surface area contributed by atoms with Gasteiger partial charge >= 0.3 is 0 Å². The molecule has 0 bridgehead atoms. The topological polar surface area (TPSA) is 22.1 Å². The van der Waals surface area contributed by atoms with Crippen molar-refractivity contribution in [2.45, 2.75) is 46.6 Å². The van der Waals surface area contributed by atoms with Gasteiger partial charge in [0.05, 0.1) is 11.4 Å². The molecule has 3 rings (SSSR count). The van der Waals surface area contributed by atoms with Crippen molar-refractivity contribution < 1.29 is 4.74 Å². The second kappa shape index (κ2) is 7.74. The first-order valence-electron chi connectivity index (χ1n) is 9.21. The number of nitrogens with zero attached hydrogens (tertiary/aromatic N) is 1. The highest BCUT2D eigenvalue weighted by Gasteiger charge is 2.17. The van der Waals surface area contributed by atoms with Gasteiger partial charge in [-0.15, -0.1) is 0 Å². The zero-order chi connectivity index (χ0) is 19.6. The Hall–Kier alpha value is -2.32. The average Bonchev–Trinajstić information content (AvgIpc) is 2.63. The van der Waals surface area contributed by atoms with Crippen molar-refractivity contribution in [3.63, 3.8) is 0 Å². The fraction of sp³-hybridized carbons (Fsp3) is 0.292. The van der Waals surface area contributed by atoms with E-state index in [1.807, 2.05) is 43.3 Å². The third-order valence-corrected chi connectivity index (χ3v) is 5.16. The lowest BCUT2D eigenvalue weighted by molar-refractivity contribution is 0.306. The highest BCUT2D eigenvalue weighted by Crippen LogP contribution is 2.34. The number of halogens is 1. The summed E-state index contributed by atoms with van der Waals surface area (Å²) in [6.07, 6.45) is 0. The number of aromatic nitrogens is 1. The van der Waals surface area contributed by atoms with Gasteiger partial charge in [0.2, 0.25) is 0 Å². The molecule has 0 N–H and O–H groups in total. The molecule has 3 aromatic rings. The van der Waals surface area contributed by atoms with Crippen LogP contribution in [0.2, 0.25) is 5.02 Å². The zero-order valence-electron chi connectivity index (χ0n) is 16.6. The van der Waals surface area contributed by atoms with Gasteiger partial charge < -0.3 is 4.74 Å². The van der Waals surface area contributed by atoms with E-state index in [-0.39, 0.29) is 5.41 Å². The van der Waals surface area contributed by atoms with Gasteiger partial charge in [-0.3, -0.25) is 4.98 Å². The van der Waals surface area contributed by atoms with Gasteiger partial charge in [-0.2, -0.15) is 0 Å². The van der Waals surface area contributed by atoms with E-state index in [4.69, 9.17) is 21.3 Å². The van der Waals surface area contributed by atoms with E-state index in [2.05, 4.69) is 45.9 Å². The van der Waals surface area contributed by atoms with Gasteiger partial charge in [-0.05, 0) is 36.0 Å². The molecule has 2 nitrogen and oxygen atoms in total. The van der Waals surface area contributed by atoms with Crippen LogP contribution in [-0.2, 0) is 12.0 Å². The number of benzene rings is 2. The Morgan fingerprint density at radius 2 is 1.67 bits per heavy atom. The van der Waals surface area contributed by atoms with Crippen molar-refractivity contribution in [3.8, 4) is 17.0 Å². The quantitative estimate of drug-likeness (QED) is 0.492. The lowest BCUT2D eigenvalue weighted by atomic mass is 9.85. The Morgan fingerprint density at radius 1 is 0.963 bits per heavy atom. The molecule has 1 heterocycles. The first-order valence-corrected chi connectivity index (χ1v) is 9.59. The van der Waals surface area contributed by atoms with E-state index in [1.165, 1.54) is 11.1 Å². The molecule has 0 saturated carbocycles. The molecular formula is C24H26ClNO. The van der Waals surface area contributed by atoms with Crippen LogP contribution in [0.4, 0.5) is 0 Å². The van der Waals surface area contributed by atoms with Crippen LogP contribution in [0.25, 0.3) is 11.3 Å². The molecule has 0 spiro atoms. The van der Waals surface area contributed by atoms with Crippen LogP contribution in [0.15, 0.2) is 54.6 Å². The molecule has 0 amide bonds. The Morgan fingerprint density at radius 3 is 2.30 bits per heavy atom. The SMILES string of the molecule is Cc1cc(C(C)(C)C)ccc1-c1cc(OCc2ccccc2)c(Cl)c(C)n1. The monoisotopic (exact) mass is 379 g/mol. The Kier molecular flexibility index (Phi) is 5.57. The summed E-state index contributed by atoms with van der Waals surface area (Å²) in [5, 5.41) is 0.568. The number of rotatable bonds is 4.